The zero-order valence-corrected chi connectivity index (χ0v) is 16.6. The number of benzene rings is 2. The number of sulfonamides is 1. The van der Waals surface area contributed by atoms with Crippen molar-refractivity contribution in [3.05, 3.63) is 53.3 Å². The monoisotopic (exact) mass is 393 g/mol. The molecule has 5 nitrogen and oxygen atoms in total. The quantitative estimate of drug-likeness (QED) is 0.778. The van der Waals surface area contributed by atoms with Crippen LogP contribution in [0.2, 0.25) is 0 Å². The summed E-state index contributed by atoms with van der Waals surface area (Å²) in [5.74, 6) is 0.934. The number of hydrogen-bond donors (Lipinski definition) is 0. The zero-order valence-electron chi connectivity index (χ0n) is 15.7. The van der Waals surface area contributed by atoms with Crippen molar-refractivity contribution in [3.8, 4) is 11.5 Å². The summed E-state index contributed by atoms with van der Waals surface area (Å²) in [7, 11) is -2.01. The van der Waals surface area contributed by atoms with Crippen LogP contribution in [0.3, 0.4) is 0 Å². The van der Waals surface area contributed by atoms with Crippen molar-refractivity contribution in [2.75, 3.05) is 20.2 Å². The lowest BCUT2D eigenvalue weighted by Crippen LogP contribution is -2.42. The van der Waals surface area contributed by atoms with Gasteiger partial charge in [0.15, 0.2) is 0 Å². The summed E-state index contributed by atoms with van der Waals surface area (Å²) in [6, 6.07) is 9.36. The van der Waals surface area contributed by atoms with Gasteiger partial charge in [0.25, 0.3) is 0 Å². The number of methoxy groups -OCH3 is 1. The SMILES string of the molecule is COc1cc(C)c(S(=O)(=O)N2CCC(Oc3ccc(F)cc3)CC2)c(C)c1. The third-order valence-corrected chi connectivity index (χ3v) is 6.99. The molecule has 3 rings (SSSR count). The fraction of sp³-hybridized carbons (Fsp3) is 0.400. The van der Waals surface area contributed by atoms with Gasteiger partial charge in [-0.15, -0.1) is 0 Å². The normalized spacial score (nSPS) is 16.3. The topological polar surface area (TPSA) is 55.8 Å². The highest BCUT2D eigenvalue weighted by Crippen LogP contribution is 2.30. The Bertz CT molecular complexity index is 881. The zero-order chi connectivity index (χ0) is 19.6. The van der Waals surface area contributed by atoms with Crippen molar-refractivity contribution < 1.29 is 22.3 Å². The van der Waals surface area contributed by atoms with Gasteiger partial charge in [-0.3, -0.25) is 0 Å². The van der Waals surface area contributed by atoms with Crippen LogP contribution in [0.25, 0.3) is 0 Å². The Morgan fingerprint density at radius 1 is 1.00 bits per heavy atom. The molecule has 27 heavy (non-hydrogen) atoms. The second-order valence-corrected chi connectivity index (χ2v) is 8.64. The van der Waals surface area contributed by atoms with E-state index in [1.807, 2.05) is 0 Å². The molecule has 0 aromatic heterocycles. The molecule has 1 aliphatic heterocycles. The highest BCUT2D eigenvalue weighted by atomic mass is 32.2. The number of aryl methyl sites for hydroxylation is 2. The first-order chi connectivity index (χ1) is 12.8. The van der Waals surface area contributed by atoms with E-state index in [-0.39, 0.29) is 11.9 Å². The second kappa shape index (κ2) is 7.86. The summed E-state index contributed by atoms with van der Waals surface area (Å²) in [5.41, 5.74) is 1.35. The van der Waals surface area contributed by atoms with E-state index in [4.69, 9.17) is 9.47 Å². The minimum Gasteiger partial charge on any atom is -0.497 e. The van der Waals surface area contributed by atoms with Crippen LogP contribution in [-0.4, -0.2) is 39.0 Å². The third kappa shape index (κ3) is 4.25. The molecule has 2 aromatic rings. The van der Waals surface area contributed by atoms with Crippen LogP contribution in [0, 0.1) is 19.7 Å². The Morgan fingerprint density at radius 2 is 1.56 bits per heavy atom. The summed E-state index contributed by atoms with van der Waals surface area (Å²) in [6.07, 6.45) is 1.09. The summed E-state index contributed by atoms with van der Waals surface area (Å²) in [6.45, 7) is 4.35. The van der Waals surface area contributed by atoms with E-state index >= 15 is 0 Å². The van der Waals surface area contributed by atoms with E-state index in [1.165, 1.54) is 16.4 Å². The second-order valence-electron chi connectivity index (χ2n) is 6.77. The van der Waals surface area contributed by atoms with Gasteiger partial charge in [0.2, 0.25) is 10.0 Å². The van der Waals surface area contributed by atoms with Crippen molar-refractivity contribution >= 4 is 10.0 Å². The smallest absolute Gasteiger partial charge is 0.243 e. The molecule has 2 aromatic carbocycles. The van der Waals surface area contributed by atoms with Gasteiger partial charge < -0.3 is 9.47 Å². The molecule has 1 heterocycles. The first kappa shape index (κ1) is 19.6. The average Bonchev–Trinajstić information content (AvgIpc) is 2.63. The van der Waals surface area contributed by atoms with Gasteiger partial charge in [-0.1, -0.05) is 0 Å². The highest BCUT2D eigenvalue weighted by molar-refractivity contribution is 7.89. The maximum absolute atomic E-state index is 13.1. The van der Waals surface area contributed by atoms with Crippen LogP contribution in [0.1, 0.15) is 24.0 Å². The lowest BCUT2D eigenvalue weighted by Gasteiger charge is -2.32. The Balaban J connectivity index is 1.70. The van der Waals surface area contributed by atoms with Gasteiger partial charge in [0.1, 0.15) is 23.4 Å². The minimum atomic E-state index is -3.58. The Hall–Kier alpha value is -2.12. The molecule has 0 radical (unpaired) electrons. The first-order valence-corrected chi connectivity index (χ1v) is 10.3. The van der Waals surface area contributed by atoms with E-state index in [0.717, 1.165) is 0 Å². The molecule has 1 aliphatic rings. The van der Waals surface area contributed by atoms with E-state index in [0.29, 0.717) is 53.5 Å². The first-order valence-electron chi connectivity index (χ1n) is 8.89. The molecule has 0 unspecified atom stereocenters. The highest BCUT2D eigenvalue weighted by Gasteiger charge is 2.32. The van der Waals surface area contributed by atoms with Crippen molar-refractivity contribution in [3.63, 3.8) is 0 Å². The van der Waals surface area contributed by atoms with Crippen LogP contribution < -0.4 is 9.47 Å². The Morgan fingerprint density at radius 3 is 2.07 bits per heavy atom. The number of halogens is 1. The number of ether oxygens (including phenoxy) is 2. The summed E-state index contributed by atoms with van der Waals surface area (Å²) >= 11 is 0. The number of nitrogens with zero attached hydrogens (tertiary/aromatic N) is 1. The van der Waals surface area contributed by atoms with Gasteiger partial charge in [-0.05, 0) is 74.2 Å². The molecule has 146 valence electrons. The maximum Gasteiger partial charge on any atom is 0.243 e. The fourth-order valence-electron chi connectivity index (χ4n) is 3.46. The molecule has 1 saturated heterocycles. The van der Waals surface area contributed by atoms with Crippen LogP contribution in [0.4, 0.5) is 4.39 Å². The van der Waals surface area contributed by atoms with Gasteiger partial charge in [0.05, 0.1) is 12.0 Å². The van der Waals surface area contributed by atoms with Crippen molar-refractivity contribution in [2.24, 2.45) is 0 Å². The van der Waals surface area contributed by atoms with E-state index in [1.54, 1.807) is 45.2 Å². The van der Waals surface area contributed by atoms with Gasteiger partial charge in [-0.25, -0.2) is 12.8 Å². The molecule has 0 N–H and O–H groups in total. The molecule has 0 atom stereocenters. The molecular weight excluding hydrogens is 369 g/mol. The van der Waals surface area contributed by atoms with E-state index in [2.05, 4.69) is 0 Å². The molecule has 1 fully saturated rings. The summed E-state index contributed by atoms with van der Waals surface area (Å²) < 4.78 is 51.8. The van der Waals surface area contributed by atoms with Crippen molar-refractivity contribution in [1.29, 1.82) is 0 Å². The van der Waals surface area contributed by atoms with Crippen LogP contribution >= 0.6 is 0 Å². The van der Waals surface area contributed by atoms with Crippen LogP contribution in [0.15, 0.2) is 41.3 Å². The molecule has 0 bridgehead atoms. The number of piperidine rings is 1. The fourth-order valence-corrected chi connectivity index (χ4v) is 5.34. The van der Waals surface area contributed by atoms with Crippen LogP contribution in [-0.2, 0) is 10.0 Å². The average molecular weight is 393 g/mol. The molecule has 0 saturated carbocycles. The van der Waals surface area contributed by atoms with Gasteiger partial charge in [-0.2, -0.15) is 4.31 Å². The van der Waals surface area contributed by atoms with E-state index < -0.39 is 10.0 Å². The molecule has 0 amide bonds. The summed E-state index contributed by atoms with van der Waals surface area (Å²) in [5, 5.41) is 0. The van der Waals surface area contributed by atoms with Crippen molar-refractivity contribution in [2.45, 2.75) is 37.7 Å². The predicted octanol–water partition coefficient (Wildman–Crippen LogP) is 3.68. The standard InChI is InChI=1S/C20H24FNO4S/c1-14-12-19(25-3)13-15(2)20(14)27(23,24)22-10-8-18(9-11-22)26-17-6-4-16(21)5-7-17/h4-7,12-13,18H,8-11H2,1-3H3. The molecular formula is C20H24FNO4S. The Kier molecular flexibility index (Phi) is 5.72. The minimum absolute atomic E-state index is 0.0834. The Labute approximate surface area is 159 Å². The summed E-state index contributed by atoms with van der Waals surface area (Å²) in [4.78, 5) is 0.348. The lowest BCUT2D eigenvalue weighted by atomic mass is 10.1. The van der Waals surface area contributed by atoms with Crippen molar-refractivity contribution in [1.82, 2.24) is 4.31 Å². The molecule has 0 aliphatic carbocycles. The third-order valence-electron chi connectivity index (χ3n) is 4.78. The van der Waals surface area contributed by atoms with E-state index in [9.17, 15) is 12.8 Å². The van der Waals surface area contributed by atoms with Gasteiger partial charge >= 0.3 is 0 Å². The molecule has 0 spiro atoms. The van der Waals surface area contributed by atoms with Gasteiger partial charge in [0, 0.05) is 13.1 Å². The number of rotatable bonds is 5. The lowest BCUT2D eigenvalue weighted by molar-refractivity contribution is 0.135. The van der Waals surface area contributed by atoms with Crippen LogP contribution in [0.5, 0.6) is 11.5 Å². The largest absolute Gasteiger partial charge is 0.497 e. The number of hydrogen-bond acceptors (Lipinski definition) is 4. The predicted molar refractivity (Wildman–Crippen MR) is 101 cm³/mol. The maximum atomic E-state index is 13.1. The molecule has 7 heteroatoms.